The molecule has 0 radical (unpaired) electrons. The number of rotatable bonds is 4. The summed E-state index contributed by atoms with van der Waals surface area (Å²) >= 11 is 0. The van der Waals surface area contributed by atoms with Crippen molar-refractivity contribution in [2.75, 3.05) is 13.6 Å². The number of fused-ring (bicyclic) bond motifs is 1. The van der Waals surface area contributed by atoms with Gasteiger partial charge in [-0.2, -0.15) is 5.10 Å². The Kier molecular flexibility index (Phi) is 4.17. The van der Waals surface area contributed by atoms with Gasteiger partial charge in [0.2, 0.25) is 0 Å². The monoisotopic (exact) mass is 273 g/mol. The standard InChI is InChI=1S/C15H19N3O2/c1-4-10(2)9-18(3)15(20)13-11-7-5-6-8-12(11)14(19)17-16-13/h5-8,10H,4,9H2,1-3H3,(H,17,19). The molecule has 1 unspecified atom stereocenters. The van der Waals surface area contributed by atoms with Crippen molar-refractivity contribution in [1.82, 2.24) is 15.1 Å². The number of hydrogen-bond donors (Lipinski definition) is 1. The number of hydrogen-bond acceptors (Lipinski definition) is 3. The summed E-state index contributed by atoms with van der Waals surface area (Å²) in [5, 5.41) is 7.41. The Morgan fingerprint density at radius 2 is 2.00 bits per heavy atom. The third-order valence-electron chi connectivity index (χ3n) is 3.53. The van der Waals surface area contributed by atoms with Gasteiger partial charge in [-0.25, -0.2) is 5.10 Å². The maximum absolute atomic E-state index is 12.5. The highest BCUT2D eigenvalue weighted by molar-refractivity contribution is 6.04. The topological polar surface area (TPSA) is 66.1 Å². The highest BCUT2D eigenvalue weighted by Gasteiger charge is 2.18. The Balaban J connectivity index is 2.40. The molecule has 0 spiro atoms. The molecule has 5 heteroatoms. The van der Waals surface area contributed by atoms with Gasteiger partial charge in [0.1, 0.15) is 0 Å². The predicted octanol–water partition coefficient (Wildman–Crippen LogP) is 2.04. The van der Waals surface area contributed by atoms with Gasteiger partial charge in [0, 0.05) is 19.0 Å². The van der Waals surface area contributed by atoms with Crippen LogP contribution in [0.5, 0.6) is 0 Å². The molecule has 0 saturated carbocycles. The molecule has 1 atom stereocenters. The van der Waals surface area contributed by atoms with Crippen molar-refractivity contribution < 1.29 is 4.79 Å². The van der Waals surface area contributed by atoms with Crippen LogP contribution in [-0.2, 0) is 0 Å². The fraction of sp³-hybridized carbons (Fsp3) is 0.400. The highest BCUT2D eigenvalue weighted by atomic mass is 16.2. The third-order valence-corrected chi connectivity index (χ3v) is 3.53. The number of aromatic amines is 1. The van der Waals surface area contributed by atoms with Crippen LogP contribution in [0.4, 0.5) is 0 Å². The Bertz CT molecular complexity index is 678. The molecule has 2 rings (SSSR count). The van der Waals surface area contributed by atoms with E-state index in [0.717, 1.165) is 6.42 Å². The van der Waals surface area contributed by atoms with E-state index in [1.54, 1.807) is 36.2 Å². The van der Waals surface area contributed by atoms with Crippen LogP contribution in [0.25, 0.3) is 10.8 Å². The number of amides is 1. The van der Waals surface area contributed by atoms with Crippen molar-refractivity contribution in [3.63, 3.8) is 0 Å². The number of nitrogens with zero attached hydrogens (tertiary/aromatic N) is 2. The highest BCUT2D eigenvalue weighted by Crippen LogP contribution is 2.14. The molecule has 1 heterocycles. The zero-order chi connectivity index (χ0) is 14.7. The first kappa shape index (κ1) is 14.2. The van der Waals surface area contributed by atoms with Gasteiger partial charge in [0.05, 0.1) is 5.39 Å². The molecule has 0 aliphatic heterocycles. The van der Waals surface area contributed by atoms with Crippen LogP contribution in [0.1, 0.15) is 30.8 Å². The van der Waals surface area contributed by atoms with Crippen LogP contribution < -0.4 is 5.56 Å². The van der Waals surface area contributed by atoms with E-state index in [9.17, 15) is 9.59 Å². The first-order valence-electron chi connectivity index (χ1n) is 6.77. The number of H-pyrrole nitrogens is 1. The number of benzene rings is 1. The fourth-order valence-corrected chi connectivity index (χ4v) is 2.14. The molecule has 0 saturated heterocycles. The molecule has 2 aromatic rings. The van der Waals surface area contributed by atoms with Gasteiger partial charge >= 0.3 is 0 Å². The number of carbonyl (C=O) groups excluding carboxylic acids is 1. The smallest absolute Gasteiger partial charge is 0.274 e. The van der Waals surface area contributed by atoms with E-state index in [0.29, 0.717) is 28.9 Å². The molecule has 1 N–H and O–H groups in total. The van der Waals surface area contributed by atoms with Gasteiger partial charge < -0.3 is 4.90 Å². The molecule has 1 aromatic carbocycles. The van der Waals surface area contributed by atoms with Crippen molar-refractivity contribution in [1.29, 1.82) is 0 Å². The van der Waals surface area contributed by atoms with Crippen LogP contribution in [-0.4, -0.2) is 34.6 Å². The van der Waals surface area contributed by atoms with Gasteiger partial charge in [0.15, 0.2) is 5.69 Å². The van der Waals surface area contributed by atoms with Crippen LogP contribution in [0, 0.1) is 5.92 Å². The normalized spacial score (nSPS) is 12.3. The maximum Gasteiger partial charge on any atom is 0.274 e. The quantitative estimate of drug-likeness (QED) is 0.927. The molecule has 1 amide bonds. The Morgan fingerprint density at radius 1 is 1.35 bits per heavy atom. The number of carbonyl (C=O) groups is 1. The summed E-state index contributed by atoms with van der Waals surface area (Å²) in [6, 6.07) is 7.02. The van der Waals surface area contributed by atoms with E-state index in [4.69, 9.17) is 0 Å². The third kappa shape index (κ3) is 2.71. The summed E-state index contributed by atoms with van der Waals surface area (Å²) in [5.74, 6) is 0.260. The second kappa shape index (κ2) is 5.86. The maximum atomic E-state index is 12.5. The number of aromatic nitrogens is 2. The molecule has 0 aliphatic carbocycles. The summed E-state index contributed by atoms with van der Waals surface area (Å²) in [4.78, 5) is 25.8. The van der Waals surface area contributed by atoms with E-state index in [1.807, 2.05) is 0 Å². The first-order chi connectivity index (χ1) is 9.54. The zero-order valence-corrected chi connectivity index (χ0v) is 12.0. The van der Waals surface area contributed by atoms with Crippen molar-refractivity contribution in [3.05, 3.63) is 40.3 Å². The summed E-state index contributed by atoms with van der Waals surface area (Å²) < 4.78 is 0. The molecule has 0 fully saturated rings. The average Bonchev–Trinajstić information content (AvgIpc) is 2.47. The summed E-state index contributed by atoms with van der Waals surface area (Å²) in [7, 11) is 1.76. The van der Waals surface area contributed by atoms with Crippen LogP contribution in [0.3, 0.4) is 0 Å². The summed E-state index contributed by atoms with van der Waals surface area (Å²) in [6.07, 6.45) is 1.01. The Hall–Kier alpha value is -2.17. The predicted molar refractivity (Wildman–Crippen MR) is 78.8 cm³/mol. The van der Waals surface area contributed by atoms with Crippen LogP contribution in [0.15, 0.2) is 29.1 Å². The molecule has 0 bridgehead atoms. The second-order valence-corrected chi connectivity index (χ2v) is 5.15. The van der Waals surface area contributed by atoms with Gasteiger partial charge in [-0.15, -0.1) is 0 Å². The minimum absolute atomic E-state index is 0.169. The van der Waals surface area contributed by atoms with Gasteiger partial charge in [0.25, 0.3) is 11.5 Å². The molecule has 5 nitrogen and oxygen atoms in total. The van der Waals surface area contributed by atoms with E-state index >= 15 is 0 Å². The van der Waals surface area contributed by atoms with E-state index < -0.39 is 0 Å². The number of nitrogens with one attached hydrogen (secondary N) is 1. The second-order valence-electron chi connectivity index (χ2n) is 5.15. The van der Waals surface area contributed by atoms with E-state index in [2.05, 4.69) is 24.0 Å². The largest absolute Gasteiger partial charge is 0.340 e. The molecule has 0 aliphatic rings. The van der Waals surface area contributed by atoms with Crippen LogP contribution in [0.2, 0.25) is 0 Å². The minimum atomic E-state index is -0.276. The fourth-order valence-electron chi connectivity index (χ4n) is 2.14. The van der Waals surface area contributed by atoms with Crippen molar-refractivity contribution in [2.45, 2.75) is 20.3 Å². The van der Waals surface area contributed by atoms with Crippen LogP contribution >= 0.6 is 0 Å². The Labute approximate surface area is 117 Å². The molecular weight excluding hydrogens is 254 g/mol. The molecule has 1 aromatic heterocycles. The molecule has 20 heavy (non-hydrogen) atoms. The Morgan fingerprint density at radius 3 is 2.65 bits per heavy atom. The van der Waals surface area contributed by atoms with Crippen molar-refractivity contribution in [3.8, 4) is 0 Å². The lowest BCUT2D eigenvalue weighted by Gasteiger charge is -2.20. The van der Waals surface area contributed by atoms with Crippen molar-refractivity contribution in [2.24, 2.45) is 5.92 Å². The SMILES string of the molecule is CCC(C)CN(C)C(=O)c1n[nH]c(=O)c2ccccc12. The zero-order valence-electron chi connectivity index (χ0n) is 12.0. The lowest BCUT2D eigenvalue weighted by atomic mass is 10.1. The lowest BCUT2D eigenvalue weighted by molar-refractivity contribution is 0.0770. The van der Waals surface area contributed by atoms with Gasteiger partial charge in [-0.1, -0.05) is 38.5 Å². The molecule has 106 valence electrons. The lowest BCUT2D eigenvalue weighted by Crippen LogP contribution is -2.32. The minimum Gasteiger partial charge on any atom is -0.340 e. The van der Waals surface area contributed by atoms with Gasteiger partial charge in [-0.3, -0.25) is 9.59 Å². The van der Waals surface area contributed by atoms with E-state index in [1.165, 1.54) is 0 Å². The average molecular weight is 273 g/mol. The van der Waals surface area contributed by atoms with Gasteiger partial charge in [-0.05, 0) is 12.0 Å². The van der Waals surface area contributed by atoms with E-state index in [-0.39, 0.29) is 11.5 Å². The molecular formula is C15H19N3O2. The van der Waals surface area contributed by atoms with Crippen molar-refractivity contribution >= 4 is 16.7 Å². The first-order valence-corrected chi connectivity index (χ1v) is 6.77. The summed E-state index contributed by atoms with van der Waals surface area (Å²) in [5.41, 5.74) is 0.0210. The summed E-state index contributed by atoms with van der Waals surface area (Å²) in [6.45, 7) is 4.86.